The molecule has 4 atom stereocenters. The minimum absolute atomic E-state index is 0.0208. The van der Waals surface area contributed by atoms with E-state index < -0.39 is 47.4 Å². The van der Waals surface area contributed by atoms with Gasteiger partial charge in [-0.1, -0.05) is 17.9 Å². The number of carbonyl (C=O) groups is 1. The summed E-state index contributed by atoms with van der Waals surface area (Å²) in [7, 11) is 0. The zero-order chi connectivity index (χ0) is 25.1. The standard InChI is InChI=1S/C23H17F4N5O2/c1-3-15-19(23(25,26)27)34-21(29)32-22(15,4-2)16-8-6-14(7-9-17(16)24)31-20(33)18-10-5-13(11-28)12-30-18/h1-2,5-12,15-16,19,28H,(H2,29,32)(H,31,33). The van der Waals surface area contributed by atoms with Gasteiger partial charge in [-0.25, -0.2) is 9.38 Å². The number of rotatable bonds is 4. The molecule has 174 valence electrons. The van der Waals surface area contributed by atoms with Gasteiger partial charge in [0.2, 0.25) is 6.10 Å². The van der Waals surface area contributed by atoms with Crippen molar-refractivity contribution in [3.8, 4) is 24.7 Å². The molecule has 4 N–H and O–H groups in total. The third-order valence-corrected chi connectivity index (χ3v) is 5.16. The van der Waals surface area contributed by atoms with Crippen molar-refractivity contribution in [3.05, 3.63) is 65.4 Å². The molecular formula is C23H17F4N5O2. The Bertz CT molecular complexity index is 1200. The molecule has 7 nitrogen and oxygen atoms in total. The predicted octanol–water partition coefficient (Wildman–Crippen LogP) is 2.63. The quantitative estimate of drug-likeness (QED) is 0.356. The van der Waals surface area contributed by atoms with Gasteiger partial charge in [0.05, 0.1) is 5.92 Å². The molecule has 0 bridgehead atoms. The van der Waals surface area contributed by atoms with Gasteiger partial charge in [0.25, 0.3) is 11.9 Å². The molecule has 0 saturated carbocycles. The van der Waals surface area contributed by atoms with Crippen LogP contribution in [0.3, 0.4) is 0 Å². The lowest BCUT2D eigenvalue weighted by Gasteiger charge is -2.42. The van der Waals surface area contributed by atoms with E-state index in [9.17, 15) is 18.0 Å². The molecule has 11 heteroatoms. The largest absolute Gasteiger partial charge is 0.451 e. The van der Waals surface area contributed by atoms with Crippen LogP contribution in [0.1, 0.15) is 16.1 Å². The zero-order valence-corrected chi connectivity index (χ0v) is 17.3. The molecule has 0 spiro atoms. The van der Waals surface area contributed by atoms with Gasteiger partial charge in [-0.05, 0) is 30.4 Å². The van der Waals surface area contributed by atoms with Crippen molar-refractivity contribution in [3.63, 3.8) is 0 Å². The first-order valence-electron chi connectivity index (χ1n) is 9.61. The second-order valence-electron chi connectivity index (χ2n) is 7.23. The lowest BCUT2D eigenvalue weighted by Crippen LogP contribution is -2.57. The number of nitrogens with one attached hydrogen (secondary N) is 2. The SMILES string of the molecule is C#CC1C(C(F)(F)F)OC(N)=NC1(C#C)C1C=CC(NC(=O)c2ccc(C=N)cn2)=CC=C1F. The molecule has 3 rings (SSSR count). The summed E-state index contributed by atoms with van der Waals surface area (Å²) in [4.78, 5) is 20.2. The second-order valence-corrected chi connectivity index (χ2v) is 7.23. The Kier molecular flexibility index (Phi) is 6.59. The Balaban J connectivity index is 1.94. The number of amides is 1. The average molecular weight is 471 g/mol. The summed E-state index contributed by atoms with van der Waals surface area (Å²) in [5, 5.41) is 9.65. The van der Waals surface area contributed by atoms with Crippen molar-refractivity contribution >= 4 is 18.1 Å². The van der Waals surface area contributed by atoms with Crippen LogP contribution in [0.2, 0.25) is 0 Å². The fourth-order valence-electron chi connectivity index (χ4n) is 3.53. The van der Waals surface area contributed by atoms with Crippen LogP contribution in [0.25, 0.3) is 0 Å². The van der Waals surface area contributed by atoms with Crippen molar-refractivity contribution in [2.45, 2.75) is 17.8 Å². The lowest BCUT2D eigenvalue weighted by molar-refractivity contribution is -0.217. The van der Waals surface area contributed by atoms with Crippen LogP contribution in [0.5, 0.6) is 0 Å². The number of halogens is 4. The van der Waals surface area contributed by atoms with Crippen LogP contribution in [-0.4, -0.2) is 40.9 Å². The molecule has 0 aromatic carbocycles. The second kappa shape index (κ2) is 9.24. The third-order valence-electron chi connectivity index (χ3n) is 5.16. The highest BCUT2D eigenvalue weighted by atomic mass is 19.4. The summed E-state index contributed by atoms with van der Waals surface area (Å²) in [6.07, 6.45) is 10.3. The number of hydrogen-bond donors (Lipinski definition) is 3. The number of carbonyl (C=O) groups excluding carboxylic acids is 1. The Morgan fingerprint density at radius 2 is 2.06 bits per heavy atom. The van der Waals surface area contributed by atoms with Crippen molar-refractivity contribution in [2.24, 2.45) is 22.6 Å². The number of amidine groups is 1. The summed E-state index contributed by atoms with van der Waals surface area (Å²) < 4.78 is 60.5. The van der Waals surface area contributed by atoms with Gasteiger partial charge in [-0.3, -0.25) is 9.78 Å². The highest BCUT2D eigenvalue weighted by molar-refractivity contribution is 5.94. The Morgan fingerprint density at radius 1 is 1.32 bits per heavy atom. The van der Waals surface area contributed by atoms with Crippen LogP contribution in [0.4, 0.5) is 17.6 Å². The maximum Gasteiger partial charge on any atom is 0.426 e. The number of nitrogens with zero attached hydrogens (tertiary/aromatic N) is 2. The van der Waals surface area contributed by atoms with E-state index in [2.05, 4.69) is 26.0 Å². The minimum atomic E-state index is -4.95. The normalized spacial score (nSPS) is 26.4. The lowest BCUT2D eigenvalue weighted by atomic mass is 9.71. The van der Waals surface area contributed by atoms with Gasteiger partial charge in [0.1, 0.15) is 17.4 Å². The Morgan fingerprint density at radius 3 is 2.62 bits per heavy atom. The van der Waals surface area contributed by atoms with Gasteiger partial charge in [-0.2, -0.15) is 13.2 Å². The van der Waals surface area contributed by atoms with E-state index in [1.807, 2.05) is 5.92 Å². The zero-order valence-electron chi connectivity index (χ0n) is 17.3. The van der Waals surface area contributed by atoms with Gasteiger partial charge < -0.3 is 21.2 Å². The first-order chi connectivity index (χ1) is 16.1. The molecule has 2 aliphatic rings. The Labute approximate surface area is 192 Å². The van der Waals surface area contributed by atoms with Gasteiger partial charge in [0.15, 0.2) is 5.54 Å². The number of alkyl halides is 3. The van der Waals surface area contributed by atoms with E-state index in [0.29, 0.717) is 5.56 Å². The van der Waals surface area contributed by atoms with E-state index in [1.54, 1.807) is 0 Å². The molecule has 2 heterocycles. The molecule has 1 amide bonds. The molecular weight excluding hydrogens is 454 g/mol. The third kappa shape index (κ3) is 4.55. The molecule has 0 radical (unpaired) electrons. The molecule has 1 aliphatic heterocycles. The maximum absolute atomic E-state index is 15.1. The summed E-state index contributed by atoms with van der Waals surface area (Å²) in [6, 6.07) is 2.01. The van der Waals surface area contributed by atoms with Crippen LogP contribution >= 0.6 is 0 Å². The van der Waals surface area contributed by atoms with Crippen molar-refractivity contribution in [2.75, 3.05) is 0 Å². The molecule has 0 saturated heterocycles. The van der Waals surface area contributed by atoms with E-state index >= 15 is 4.39 Å². The van der Waals surface area contributed by atoms with E-state index in [1.165, 1.54) is 30.5 Å². The molecule has 1 aromatic rings. The average Bonchev–Trinajstić information content (AvgIpc) is 2.99. The number of ether oxygens (including phenoxy) is 1. The van der Waals surface area contributed by atoms with E-state index in [4.69, 9.17) is 24.0 Å². The van der Waals surface area contributed by atoms with Gasteiger partial charge >= 0.3 is 6.18 Å². The van der Waals surface area contributed by atoms with Crippen LogP contribution in [0, 0.1) is 41.9 Å². The van der Waals surface area contributed by atoms with Crippen LogP contribution in [0.15, 0.2) is 59.1 Å². The van der Waals surface area contributed by atoms with Crippen LogP contribution in [-0.2, 0) is 4.74 Å². The number of allylic oxidation sites excluding steroid dienone is 3. The van der Waals surface area contributed by atoms with Crippen LogP contribution < -0.4 is 11.1 Å². The number of terminal acetylenes is 2. The molecule has 34 heavy (non-hydrogen) atoms. The van der Waals surface area contributed by atoms with E-state index in [0.717, 1.165) is 18.4 Å². The number of pyridine rings is 1. The maximum atomic E-state index is 15.1. The first kappa shape index (κ1) is 24.3. The highest BCUT2D eigenvalue weighted by Gasteiger charge is 2.60. The van der Waals surface area contributed by atoms with Gasteiger partial charge in [0, 0.05) is 23.7 Å². The summed E-state index contributed by atoms with van der Waals surface area (Å²) in [6.45, 7) is 0. The summed E-state index contributed by atoms with van der Waals surface area (Å²) >= 11 is 0. The fraction of sp³-hybridized carbons (Fsp3) is 0.217. The van der Waals surface area contributed by atoms with Crippen molar-refractivity contribution in [1.82, 2.24) is 10.3 Å². The van der Waals surface area contributed by atoms with Crippen molar-refractivity contribution in [1.29, 1.82) is 5.41 Å². The molecule has 1 aliphatic carbocycles. The first-order valence-corrected chi connectivity index (χ1v) is 9.61. The highest BCUT2D eigenvalue weighted by Crippen LogP contribution is 2.45. The number of hydrogen-bond acceptors (Lipinski definition) is 6. The molecule has 0 fully saturated rings. The number of nitrogens with two attached hydrogens (primary N) is 1. The predicted molar refractivity (Wildman–Crippen MR) is 116 cm³/mol. The fourth-order valence-corrected chi connectivity index (χ4v) is 3.53. The molecule has 1 aromatic heterocycles. The summed E-state index contributed by atoms with van der Waals surface area (Å²) in [5.41, 5.74) is 3.82. The Hall–Kier alpha value is -4.38. The number of aliphatic imine (C=N–C) groups is 1. The smallest absolute Gasteiger partial charge is 0.426 e. The minimum Gasteiger partial charge on any atom is -0.451 e. The number of aromatic nitrogens is 1. The monoisotopic (exact) mass is 471 g/mol. The topological polar surface area (TPSA) is 113 Å². The van der Waals surface area contributed by atoms with E-state index in [-0.39, 0.29) is 11.4 Å². The van der Waals surface area contributed by atoms with Crippen molar-refractivity contribution < 1.29 is 27.1 Å². The molecule has 4 unspecified atom stereocenters. The van der Waals surface area contributed by atoms with Gasteiger partial charge in [-0.15, -0.1) is 12.8 Å². The summed E-state index contributed by atoms with van der Waals surface area (Å²) in [5.74, 6) is -0.973.